The van der Waals surface area contributed by atoms with Gasteiger partial charge in [0, 0.05) is 10.7 Å². The molecule has 0 spiro atoms. The molecule has 9 heteroatoms. The molecular weight excluding hydrogens is 394 g/mol. The van der Waals surface area contributed by atoms with Crippen molar-refractivity contribution in [2.45, 2.75) is 17.2 Å². The first-order valence-corrected chi connectivity index (χ1v) is 11.0. The van der Waals surface area contributed by atoms with Gasteiger partial charge >= 0.3 is 0 Å². The normalized spacial score (nSPS) is 17.8. The number of rotatable bonds is 5. The van der Waals surface area contributed by atoms with Gasteiger partial charge in [-0.15, -0.1) is 11.3 Å². The quantitative estimate of drug-likeness (QED) is 0.775. The highest BCUT2D eigenvalue weighted by Gasteiger charge is 2.34. The molecule has 0 aliphatic carbocycles. The molecule has 1 fully saturated rings. The number of nitrogens with one attached hydrogen (secondary N) is 2. The number of thiophene rings is 1. The average molecular weight is 415 g/mol. The zero-order valence-electron chi connectivity index (χ0n) is 14.3. The van der Waals surface area contributed by atoms with Crippen LogP contribution in [0.25, 0.3) is 0 Å². The first-order valence-electron chi connectivity index (χ1n) is 8.32. The number of carbonyl (C=O) groups excluding carboxylic acids is 1. The van der Waals surface area contributed by atoms with Crippen LogP contribution in [0.1, 0.15) is 6.92 Å². The van der Waals surface area contributed by atoms with Crippen molar-refractivity contribution in [2.24, 2.45) is 0 Å². The standard InChI is InChI=1S/C17H20ClN3O3S2/c1-13(17(22)19-15-6-4-14(18)5-7-15)20-8-10-21(11-9-20)26(23,24)16-3-2-12-25-16/h2-7,12-13H,8-11H2,1H3,(H,19,22)/p+1/t13-/m1/s1. The Kier molecular flexibility index (Phi) is 5.99. The van der Waals surface area contributed by atoms with Crippen LogP contribution in [0, 0.1) is 0 Å². The topological polar surface area (TPSA) is 70.9 Å². The van der Waals surface area contributed by atoms with Crippen LogP contribution in [-0.4, -0.2) is 50.9 Å². The van der Waals surface area contributed by atoms with Crippen molar-refractivity contribution in [3.63, 3.8) is 0 Å². The van der Waals surface area contributed by atoms with Gasteiger partial charge in [-0.2, -0.15) is 4.31 Å². The van der Waals surface area contributed by atoms with Gasteiger partial charge in [-0.3, -0.25) is 4.79 Å². The van der Waals surface area contributed by atoms with Crippen LogP contribution < -0.4 is 10.2 Å². The van der Waals surface area contributed by atoms with Crippen molar-refractivity contribution in [2.75, 3.05) is 31.5 Å². The molecule has 2 N–H and O–H groups in total. The van der Waals surface area contributed by atoms with Crippen LogP contribution in [0.5, 0.6) is 0 Å². The van der Waals surface area contributed by atoms with E-state index in [0.29, 0.717) is 41.1 Å². The van der Waals surface area contributed by atoms with Gasteiger partial charge in [0.15, 0.2) is 6.04 Å². The van der Waals surface area contributed by atoms with Crippen molar-refractivity contribution in [3.05, 3.63) is 46.8 Å². The molecule has 140 valence electrons. The summed E-state index contributed by atoms with van der Waals surface area (Å²) in [5, 5.41) is 5.26. The Bertz CT molecular complexity index is 846. The number of hydrogen-bond acceptors (Lipinski definition) is 4. The van der Waals surface area contributed by atoms with E-state index in [9.17, 15) is 13.2 Å². The molecule has 0 saturated carbocycles. The van der Waals surface area contributed by atoms with Crippen LogP contribution in [0.2, 0.25) is 5.02 Å². The molecule has 1 atom stereocenters. The van der Waals surface area contributed by atoms with Gasteiger partial charge in [0.2, 0.25) is 0 Å². The molecule has 1 aromatic carbocycles. The molecule has 2 heterocycles. The summed E-state index contributed by atoms with van der Waals surface area (Å²) in [7, 11) is -3.42. The van der Waals surface area contributed by atoms with E-state index >= 15 is 0 Å². The maximum absolute atomic E-state index is 12.6. The van der Waals surface area contributed by atoms with Gasteiger partial charge in [0.05, 0.1) is 26.2 Å². The molecule has 0 radical (unpaired) electrons. The summed E-state index contributed by atoms with van der Waals surface area (Å²) in [6.07, 6.45) is 0. The zero-order chi connectivity index (χ0) is 18.7. The first kappa shape index (κ1) is 19.3. The molecule has 1 amide bonds. The smallest absolute Gasteiger partial charge is 0.282 e. The average Bonchev–Trinajstić information content (AvgIpc) is 3.18. The summed E-state index contributed by atoms with van der Waals surface area (Å²) in [5.74, 6) is -0.0862. The maximum Gasteiger partial charge on any atom is 0.282 e. The van der Waals surface area contributed by atoms with E-state index in [0.717, 1.165) is 4.90 Å². The molecule has 0 unspecified atom stereocenters. The van der Waals surface area contributed by atoms with E-state index in [2.05, 4.69) is 5.32 Å². The fourth-order valence-electron chi connectivity index (χ4n) is 2.95. The number of benzene rings is 1. The number of sulfonamides is 1. The van der Waals surface area contributed by atoms with E-state index in [-0.39, 0.29) is 11.9 Å². The summed E-state index contributed by atoms with van der Waals surface area (Å²) in [4.78, 5) is 13.5. The third kappa shape index (κ3) is 4.27. The molecule has 26 heavy (non-hydrogen) atoms. The van der Waals surface area contributed by atoms with Crippen molar-refractivity contribution in [1.29, 1.82) is 0 Å². The van der Waals surface area contributed by atoms with Crippen molar-refractivity contribution >= 4 is 44.6 Å². The van der Waals surface area contributed by atoms with Gasteiger partial charge in [0.25, 0.3) is 15.9 Å². The molecule has 1 aliphatic heterocycles. The van der Waals surface area contributed by atoms with Gasteiger partial charge in [0.1, 0.15) is 4.21 Å². The predicted octanol–water partition coefficient (Wildman–Crippen LogP) is 1.32. The lowest BCUT2D eigenvalue weighted by Gasteiger charge is -2.33. The third-order valence-electron chi connectivity index (χ3n) is 4.57. The SMILES string of the molecule is C[C@H](C(=O)Nc1ccc(Cl)cc1)[NH+]1CCN(S(=O)(=O)c2cccs2)CC1. The van der Waals surface area contributed by atoms with Crippen LogP contribution in [0.4, 0.5) is 5.69 Å². The molecule has 0 bridgehead atoms. The van der Waals surface area contributed by atoms with Crippen LogP contribution in [-0.2, 0) is 14.8 Å². The Morgan fingerprint density at radius 2 is 1.88 bits per heavy atom. The fraction of sp³-hybridized carbons (Fsp3) is 0.353. The van der Waals surface area contributed by atoms with Gasteiger partial charge < -0.3 is 10.2 Å². The number of quaternary nitrogens is 1. The highest BCUT2D eigenvalue weighted by atomic mass is 35.5. The second-order valence-corrected chi connectivity index (χ2v) is 9.76. The Labute approximate surface area is 162 Å². The van der Waals surface area contributed by atoms with E-state index in [4.69, 9.17) is 11.6 Å². The van der Waals surface area contributed by atoms with Crippen molar-refractivity contribution < 1.29 is 18.1 Å². The minimum Gasteiger partial charge on any atom is -0.323 e. The van der Waals surface area contributed by atoms with Gasteiger partial charge in [-0.25, -0.2) is 8.42 Å². The second kappa shape index (κ2) is 8.06. The number of hydrogen-bond donors (Lipinski definition) is 2. The second-order valence-electron chi connectivity index (χ2n) is 6.21. The summed E-state index contributed by atoms with van der Waals surface area (Å²) in [6.45, 7) is 3.88. The number of piperazine rings is 1. The summed E-state index contributed by atoms with van der Waals surface area (Å²) >= 11 is 7.08. The van der Waals surface area contributed by atoms with E-state index < -0.39 is 10.0 Å². The summed E-state index contributed by atoms with van der Waals surface area (Å²) in [6, 6.07) is 10.1. The Balaban J connectivity index is 1.57. The number of carbonyl (C=O) groups is 1. The number of halogens is 1. The molecule has 1 saturated heterocycles. The Hall–Kier alpha value is -1.45. The molecular formula is C17H21ClN3O3S2+. The number of amides is 1. The van der Waals surface area contributed by atoms with E-state index in [1.165, 1.54) is 15.6 Å². The fourth-order valence-corrected chi connectivity index (χ4v) is 5.67. The van der Waals surface area contributed by atoms with Crippen molar-refractivity contribution in [1.82, 2.24) is 4.31 Å². The lowest BCUT2D eigenvalue weighted by molar-refractivity contribution is -0.917. The third-order valence-corrected chi connectivity index (χ3v) is 8.09. The van der Waals surface area contributed by atoms with Crippen LogP contribution in [0.3, 0.4) is 0 Å². The monoisotopic (exact) mass is 414 g/mol. The molecule has 2 aromatic rings. The number of anilines is 1. The highest BCUT2D eigenvalue weighted by Crippen LogP contribution is 2.20. The largest absolute Gasteiger partial charge is 0.323 e. The Morgan fingerprint density at radius 3 is 2.46 bits per heavy atom. The van der Waals surface area contributed by atoms with E-state index in [1.807, 2.05) is 6.92 Å². The molecule has 1 aliphatic rings. The zero-order valence-corrected chi connectivity index (χ0v) is 16.7. The van der Waals surface area contributed by atoms with Gasteiger partial charge in [-0.1, -0.05) is 17.7 Å². The van der Waals surface area contributed by atoms with Crippen LogP contribution in [0.15, 0.2) is 46.0 Å². The van der Waals surface area contributed by atoms with Gasteiger partial charge in [-0.05, 0) is 42.6 Å². The molecule has 1 aromatic heterocycles. The Morgan fingerprint density at radius 1 is 1.23 bits per heavy atom. The highest BCUT2D eigenvalue weighted by molar-refractivity contribution is 7.91. The minimum atomic E-state index is -3.42. The molecule has 6 nitrogen and oxygen atoms in total. The summed E-state index contributed by atoms with van der Waals surface area (Å²) in [5.41, 5.74) is 0.699. The lowest BCUT2D eigenvalue weighted by atomic mass is 10.2. The predicted molar refractivity (Wildman–Crippen MR) is 103 cm³/mol. The number of nitrogens with zero attached hydrogens (tertiary/aromatic N) is 1. The minimum absolute atomic E-state index is 0.0862. The van der Waals surface area contributed by atoms with Crippen LogP contribution >= 0.6 is 22.9 Å². The van der Waals surface area contributed by atoms with E-state index in [1.54, 1.807) is 41.8 Å². The maximum atomic E-state index is 12.6. The molecule has 3 rings (SSSR count). The lowest BCUT2D eigenvalue weighted by Crippen LogP contribution is -3.19. The van der Waals surface area contributed by atoms with Crippen molar-refractivity contribution in [3.8, 4) is 0 Å². The first-order chi connectivity index (χ1) is 12.4. The summed E-state index contributed by atoms with van der Waals surface area (Å²) < 4.78 is 27.0.